The number of amides is 2. The van der Waals surface area contributed by atoms with E-state index in [1.165, 1.54) is 5.56 Å². The molecule has 0 radical (unpaired) electrons. The highest BCUT2D eigenvalue weighted by Crippen LogP contribution is 2.39. The molecular weight excluding hydrogens is 326 g/mol. The van der Waals surface area contributed by atoms with Crippen LogP contribution >= 0.6 is 0 Å². The van der Waals surface area contributed by atoms with Gasteiger partial charge in [-0.1, -0.05) is 25.1 Å². The minimum Gasteiger partial charge on any atom is -0.332 e. The van der Waals surface area contributed by atoms with Crippen LogP contribution in [0.2, 0.25) is 0 Å². The molecule has 0 atom stereocenters. The number of hydrogen-bond donors (Lipinski definition) is 1. The number of nitrogens with one attached hydrogen (secondary N) is 1. The van der Waals surface area contributed by atoms with Gasteiger partial charge in [0.2, 0.25) is 0 Å². The van der Waals surface area contributed by atoms with Crippen molar-refractivity contribution in [1.82, 2.24) is 19.4 Å². The van der Waals surface area contributed by atoms with Crippen molar-refractivity contribution < 1.29 is 4.79 Å². The Labute approximate surface area is 154 Å². The molecule has 3 heterocycles. The topological polar surface area (TPSA) is 53.4 Å². The van der Waals surface area contributed by atoms with E-state index < -0.39 is 0 Å². The number of hydrogen-bond acceptors (Lipinski definition) is 3. The number of nitrogens with zero attached hydrogens (tertiary/aromatic N) is 4. The average Bonchev–Trinajstić information content (AvgIpc) is 3.16. The number of rotatable bonds is 2. The number of para-hydroxylation sites is 1. The standard InChI is InChI=1S/C20H27N5O/c1-3-16-6-4-5-7-17(16)22-19(26)25-11-8-20(9-12-25)18-21-10-13-24(18)15-14-23(20)2/h4-7,10,13H,3,8-9,11-12,14-15H2,1-2H3,(H,22,26). The number of piperidine rings is 1. The maximum atomic E-state index is 12.8. The molecule has 0 aliphatic carbocycles. The molecule has 2 amide bonds. The first-order chi connectivity index (χ1) is 12.6. The highest BCUT2D eigenvalue weighted by Gasteiger charge is 2.45. The fourth-order valence-electron chi connectivity index (χ4n) is 4.37. The average molecular weight is 353 g/mol. The van der Waals surface area contributed by atoms with Gasteiger partial charge in [0.1, 0.15) is 5.82 Å². The van der Waals surface area contributed by atoms with Gasteiger partial charge in [0.05, 0.1) is 5.54 Å². The highest BCUT2D eigenvalue weighted by atomic mass is 16.2. The van der Waals surface area contributed by atoms with Crippen LogP contribution in [0.1, 0.15) is 31.2 Å². The van der Waals surface area contributed by atoms with Gasteiger partial charge in [-0.2, -0.15) is 0 Å². The smallest absolute Gasteiger partial charge is 0.321 e. The molecule has 0 unspecified atom stereocenters. The number of urea groups is 1. The number of likely N-dealkylation sites (tertiary alicyclic amines) is 1. The van der Waals surface area contributed by atoms with Crippen LogP contribution in [0.5, 0.6) is 0 Å². The molecule has 1 aromatic heterocycles. The number of aromatic nitrogens is 2. The summed E-state index contributed by atoms with van der Waals surface area (Å²) in [5.41, 5.74) is 2.05. The van der Waals surface area contributed by atoms with Crippen LogP contribution in [-0.2, 0) is 18.5 Å². The lowest BCUT2D eigenvalue weighted by molar-refractivity contribution is 0.0197. The van der Waals surface area contributed by atoms with Crippen LogP contribution in [0.4, 0.5) is 10.5 Å². The Bertz CT molecular complexity index is 791. The zero-order chi connectivity index (χ0) is 18.1. The van der Waals surface area contributed by atoms with Crippen molar-refractivity contribution in [1.29, 1.82) is 0 Å². The van der Waals surface area contributed by atoms with Crippen molar-refractivity contribution in [3.63, 3.8) is 0 Å². The third-order valence-corrected chi connectivity index (χ3v) is 6.06. The first-order valence-electron chi connectivity index (χ1n) is 9.51. The van der Waals surface area contributed by atoms with Crippen molar-refractivity contribution in [3.05, 3.63) is 48.0 Å². The molecule has 26 heavy (non-hydrogen) atoms. The molecule has 6 heteroatoms. The molecule has 1 aromatic carbocycles. The van der Waals surface area contributed by atoms with E-state index in [0.717, 1.165) is 57.0 Å². The lowest BCUT2D eigenvalue weighted by Crippen LogP contribution is -2.57. The number of fused-ring (bicyclic) bond motifs is 2. The zero-order valence-corrected chi connectivity index (χ0v) is 15.6. The fourth-order valence-corrected chi connectivity index (χ4v) is 4.37. The van der Waals surface area contributed by atoms with Gasteiger partial charge < -0.3 is 14.8 Å². The molecule has 0 bridgehead atoms. The molecule has 1 spiro atoms. The molecule has 2 aromatic rings. The first-order valence-corrected chi connectivity index (χ1v) is 9.51. The number of imidazole rings is 1. The van der Waals surface area contributed by atoms with Crippen LogP contribution < -0.4 is 5.32 Å². The summed E-state index contributed by atoms with van der Waals surface area (Å²) >= 11 is 0. The zero-order valence-electron chi connectivity index (χ0n) is 15.6. The molecule has 138 valence electrons. The van der Waals surface area contributed by atoms with Gasteiger partial charge in [-0.15, -0.1) is 0 Å². The summed E-state index contributed by atoms with van der Waals surface area (Å²) in [7, 11) is 2.19. The molecule has 1 N–H and O–H groups in total. The number of likely N-dealkylation sites (N-methyl/N-ethyl adjacent to an activating group) is 1. The monoisotopic (exact) mass is 353 g/mol. The van der Waals surface area contributed by atoms with Gasteiger partial charge in [0.15, 0.2) is 0 Å². The van der Waals surface area contributed by atoms with E-state index >= 15 is 0 Å². The lowest BCUT2D eigenvalue weighted by atomic mass is 9.83. The fraction of sp³-hybridized carbons (Fsp3) is 0.500. The van der Waals surface area contributed by atoms with E-state index in [1.54, 1.807) is 0 Å². The second-order valence-corrected chi connectivity index (χ2v) is 7.33. The predicted molar refractivity (Wildman–Crippen MR) is 102 cm³/mol. The Kier molecular flexibility index (Phi) is 4.44. The summed E-state index contributed by atoms with van der Waals surface area (Å²) in [5.74, 6) is 1.16. The number of benzene rings is 1. The normalized spacial score (nSPS) is 19.4. The second-order valence-electron chi connectivity index (χ2n) is 7.33. The van der Waals surface area contributed by atoms with Gasteiger partial charge >= 0.3 is 6.03 Å². The van der Waals surface area contributed by atoms with Crippen LogP contribution in [0.15, 0.2) is 36.7 Å². The Morgan fingerprint density at radius 2 is 1.96 bits per heavy atom. The molecular formula is C20H27N5O. The number of carbonyl (C=O) groups excluding carboxylic acids is 1. The Hall–Kier alpha value is -2.34. The minimum absolute atomic E-state index is 0.00237. The van der Waals surface area contributed by atoms with Crippen molar-refractivity contribution in [2.24, 2.45) is 0 Å². The second kappa shape index (κ2) is 6.76. The van der Waals surface area contributed by atoms with Crippen molar-refractivity contribution in [3.8, 4) is 0 Å². The predicted octanol–water partition coefficient (Wildman–Crippen LogP) is 2.91. The minimum atomic E-state index is -0.0418. The maximum Gasteiger partial charge on any atom is 0.321 e. The van der Waals surface area contributed by atoms with Gasteiger partial charge in [-0.25, -0.2) is 9.78 Å². The summed E-state index contributed by atoms with van der Waals surface area (Å²) in [6, 6.07) is 8.03. The van der Waals surface area contributed by atoms with Crippen LogP contribution in [-0.4, -0.2) is 52.1 Å². The van der Waals surface area contributed by atoms with Gasteiger partial charge in [-0.05, 0) is 37.9 Å². The van der Waals surface area contributed by atoms with Gasteiger partial charge in [0.25, 0.3) is 0 Å². The van der Waals surface area contributed by atoms with Gasteiger partial charge in [0, 0.05) is 44.3 Å². The number of anilines is 1. The summed E-state index contributed by atoms with van der Waals surface area (Å²) < 4.78 is 2.27. The molecule has 2 aliphatic heterocycles. The Morgan fingerprint density at radius 1 is 1.19 bits per heavy atom. The van der Waals surface area contributed by atoms with E-state index in [2.05, 4.69) is 46.0 Å². The highest BCUT2D eigenvalue weighted by molar-refractivity contribution is 5.90. The van der Waals surface area contributed by atoms with Crippen molar-refractivity contribution >= 4 is 11.7 Å². The molecule has 0 saturated carbocycles. The summed E-state index contributed by atoms with van der Waals surface area (Å²) in [6.07, 6.45) is 6.72. The summed E-state index contributed by atoms with van der Waals surface area (Å²) in [6.45, 7) is 5.62. The summed E-state index contributed by atoms with van der Waals surface area (Å²) in [4.78, 5) is 21.8. The first kappa shape index (κ1) is 17.1. The Balaban J connectivity index is 1.46. The molecule has 4 rings (SSSR count). The third kappa shape index (κ3) is 2.78. The summed E-state index contributed by atoms with van der Waals surface area (Å²) in [5, 5.41) is 3.10. The van der Waals surface area contributed by atoms with E-state index in [4.69, 9.17) is 0 Å². The third-order valence-electron chi connectivity index (χ3n) is 6.06. The van der Waals surface area contributed by atoms with Gasteiger partial charge in [-0.3, -0.25) is 4.90 Å². The van der Waals surface area contributed by atoms with E-state index in [0.29, 0.717) is 0 Å². The van der Waals surface area contributed by atoms with E-state index in [9.17, 15) is 4.79 Å². The van der Waals surface area contributed by atoms with Crippen LogP contribution in [0.3, 0.4) is 0 Å². The van der Waals surface area contributed by atoms with E-state index in [1.807, 2.05) is 29.3 Å². The number of aryl methyl sites for hydroxylation is 1. The van der Waals surface area contributed by atoms with Crippen LogP contribution in [0.25, 0.3) is 0 Å². The quantitative estimate of drug-likeness (QED) is 0.903. The van der Waals surface area contributed by atoms with E-state index in [-0.39, 0.29) is 11.6 Å². The maximum absolute atomic E-state index is 12.8. The molecule has 6 nitrogen and oxygen atoms in total. The van der Waals surface area contributed by atoms with Crippen molar-refractivity contribution in [2.75, 3.05) is 32.0 Å². The largest absolute Gasteiger partial charge is 0.332 e. The molecule has 1 saturated heterocycles. The molecule has 2 aliphatic rings. The Morgan fingerprint density at radius 3 is 2.73 bits per heavy atom. The van der Waals surface area contributed by atoms with Crippen molar-refractivity contribution in [2.45, 2.75) is 38.3 Å². The van der Waals surface area contributed by atoms with Crippen LogP contribution in [0, 0.1) is 0 Å². The SMILES string of the molecule is CCc1ccccc1NC(=O)N1CCC2(CC1)c1nccn1CCN2C. The lowest BCUT2D eigenvalue weighted by Gasteiger charge is -2.49. The molecule has 1 fully saturated rings. The number of carbonyl (C=O) groups is 1.